The average Bonchev–Trinajstić information content (AvgIpc) is 2.53. The quantitative estimate of drug-likeness (QED) is 0.676. The summed E-state index contributed by atoms with van der Waals surface area (Å²) >= 11 is 0. The molecule has 0 saturated heterocycles. The summed E-state index contributed by atoms with van der Waals surface area (Å²) in [5, 5.41) is 8.95. The zero-order valence-corrected chi connectivity index (χ0v) is 6.83. The molecule has 0 aliphatic heterocycles. The van der Waals surface area contributed by atoms with Crippen LogP contribution in [0.3, 0.4) is 0 Å². The van der Waals surface area contributed by atoms with E-state index in [9.17, 15) is 4.79 Å². The SMILES string of the molecule is CNCCC(=O)Nc1cnoc1. The highest BCUT2D eigenvalue weighted by atomic mass is 16.5. The maximum Gasteiger partial charge on any atom is 0.225 e. The molecule has 0 radical (unpaired) electrons. The van der Waals surface area contributed by atoms with Gasteiger partial charge in [0.25, 0.3) is 0 Å². The van der Waals surface area contributed by atoms with Crippen molar-refractivity contribution in [2.45, 2.75) is 6.42 Å². The van der Waals surface area contributed by atoms with Crippen molar-refractivity contribution in [3.63, 3.8) is 0 Å². The summed E-state index contributed by atoms with van der Waals surface area (Å²) in [6, 6.07) is 0. The van der Waals surface area contributed by atoms with E-state index in [0.29, 0.717) is 18.7 Å². The number of aromatic nitrogens is 1. The van der Waals surface area contributed by atoms with Gasteiger partial charge in [0.1, 0.15) is 12.0 Å². The molecular weight excluding hydrogens is 158 g/mol. The van der Waals surface area contributed by atoms with Crippen LogP contribution in [0.2, 0.25) is 0 Å². The van der Waals surface area contributed by atoms with Gasteiger partial charge in [-0.2, -0.15) is 0 Å². The van der Waals surface area contributed by atoms with Crippen LogP contribution in [-0.4, -0.2) is 24.7 Å². The number of amides is 1. The van der Waals surface area contributed by atoms with Gasteiger partial charge in [-0.05, 0) is 7.05 Å². The molecule has 1 aromatic heterocycles. The number of hydrogen-bond donors (Lipinski definition) is 2. The van der Waals surface area contributed by atoms with Crippen LogP contribution in [0.25, 0.3) is 0 Å². The lowest BCUT2D eigenvalue weighted by molar-refractivity contribution is -0.116. The van der Waals surface area contributed by atoms with Crippen LogP contribution in [0.4, 0.5) is 5.69 Å². The van der Waals surface area contributed by atoms with Crippen molar-refractivity contribution in [2.75, 3.05) is 18.9 Å². The number of carbonyl (C=O) groups excluding carboxylic acids is 1. The van der Waals surface area contributed by atoms with Crippen LogP contribution >= 0.6 is 0 Å². The first-order valence-corrected chi connectivity index (χ1v) is 3.67. The molecule has 0 aliphatic carbocycles. The van der Waals surface area contributed by atoms with Crippen molar-refractivity contribution in [3.8, 4) is 0 Å². The molecule has 0 aromatic carbocycles. The van der Waals surface area contributed by atoms with Crippen molar-refractivity contribution >= 4 is 11.6 Å². The third kappa shape index (κ3) is 2.71. The monoisotopic (exact) mass is 169 g/mol. The summed E-state index contributed by atoms with van der Waals surface area (Å²) in [6.45, 7) is 0.664. The van der Waals surface area contributed by atoms with Gasteiger partial charge in [0.05, 0.1) is 6.20 Å². The average molecular weight is 169 g/mol. The van der Waals surface area contributed by atoms with Gasteiger partial charge in [-0.15, -0.1) is 0 Å². The Morgan fingerprint density at radius 2 is 2.58 bits per heavy atom. The van der Waals surface area contributed by atoms with E-state index in [1.54, 1.807) is 7.05 Å². The normalized spacial score (nSPS) is 9.75. The predicted molar refractivity (Wildman–Crippen MR) is 43.7 cm³/mol. The maximum atomic E-state index is 11.0. The molecule has 2 N–H and O–H groups in total. The molecule has 1 heterocycles. The van der Waals surface area contributed by atoms with Gasteiger partial charge in [-0.25, -0.2) is 0 Å². The summed E-state index contributed by atoms with van der Waals surface area (Å²) < 4.78 is 4.54. The van der Waals surface area contributed by atoms with Crippen molar-refractivity contribution in [1.82, 2.24) is 10.5 Å². The summed E-state index contributed by atoms with van der Waals surface area (Å²) in [5.41, 5.74) is 0.594. The fourth-order valence-corrected chi connectivity index (χ4v) is 0.729. The van der Waals surface area contributed by atoms with Gasteiger partial charge in [0, 0.05) is 13.0 Å². The lowest BCUT2D eigenvalue weighted by atomic mass is 10.4. The molecule has 0 saturated carbocycles. The van der Waals surface area contributed by atoms with E-state index >= 15 is 0 Å². The Morgan fingerprint density at radius 1 is 1.75 bits per heavy atom. The Balaban J connectivity index is 2.27. The first-order valence-electron chi connectivity index (χ1n) is 3.67. The molecule has 1 rings (SSSR count). The molecule has 66 valence electrons. The number of anilines is 1. The highest BCUT2D eigenvalue weighted by Gasteiger charge is 2.01. The Labute approximate surface area is 70.1 Å². The smallest absolute Gasteiger partial charge is 0.225 e. The highest BCUT2D eigenvalue weighted by molar-refractivity contribution is 5.90. The summed E-state index contributed by atoms with van der Waals surface area (Å²) in [5.74, 6) is -0.0486. The molecule has 0 aliphatic rings. The molecule has 0 spiro atoms. The number of nitrogens with zero attached hydrogens (tertiary/aromatic N) is 1. The number of hydrogen-bond acceptors (Lipinski definition) is 4. The molecule has 1 amide bonds. The van der Waals surface area contributed by atoms with Crippen LogP contribution in [-0.2, 0) is 4.79 Å². The largest absolute Gasteiger partial charge is 0.363 e. The lowest BCUT2D eigenvalue weighted by Crippen LogP contribution is -2.18. The van der Waals surface area contributed by atoms with Crippen LogP contribution in [0.15, 0.2) is 17.0 Å². The van der Waals surface area contributed by atoms with Crippen molar-refractivity contribution in [1.29, 1.82) is 0 Å². The molecule has 12 heavy (non-hydrogen) atoms. The highest BCUT2D eigenvalue weighted by Crippen LogP contribution is 2.03. The van der Waals surface area contributed by atoms with Gasteiger partial charge in [0.2, 0.25) is 5.91 Å². The Kier molecular flexibility index (Phi) is 3.28. The molecule has 1 aromatic rings. The third-order valence-corrected chi connectivity index (χ3v) is 1.32. The fourth-order valence-electron chi connectivity index (χ4n) is 0.729. The third-order valence-electron chi connectivity index (χ3n) is 1.32. The van der Waals surface area contributed by atoms with Crippen molar-refractivity contribution in [2.24, 2.45) is 0 Å². The zero-order valence-electron chi connectivity index (χ0n) is 6.83. The maximum absolute atomic E-state index is 11.0. The van der Waals surface area contributed by atoms with Gasteiger partial charge in [-0.1, -0.05) is 5.16 Å². The van der Waals surface area contributed by atoms with Crippen LogP contribution in [0, 0.1) is 0 Å². The van der Waals surface area contributed by atoms with E-state index in [0.717, 1.165) is 0 Å². The van der Waals surface area contributed by atoms with Crippen LogP contribution < -0.4 is 10.6 Å². The Morgan fingerprint density at radius 3 is 3.17 bits per heavy atom. The molecule has 0 unspecified atom stereocenters. The second-order valence-corrected chi connectivity index (χ2v) is 2.31. The summed E-state index contributed by atoms with van der Waals surface area (Å²) in [7, 11) is 1.80. The standard InChI is InChI=1S/C7H11N3O2/c1-8-3-2-7(11)10-6-4-9-12-5-6/h4-5,8H,2-3H2,1H3,(H,10,11). The van der Waals surface area contributed by atoms with Crippen LogP contribution in [0.1, 0.15) is 6.42 Å². The minimum absolute atomic E-state index is 0.0486. The van der Waals surface area contributed by atoms with Gasteiger partial charge < -0.3 is 15.2 Å². The van der Waals surface area contributed by atoms with Gasteiger partial charge in [0.15, 0.2) is 0 Å². The van der Waals surface area contributed by atoms with E-state index in [1.807, 2.05) is 0 Å². The summed E-state index contributed by atoms with van der Waals surface area (Å²) in [4.78, 5) is 11.0. The van der Waals surface area contributed by atoms with E-state index in [1.165, 1.54) is 12.5 Å². The summed E-state index contributed by atoms with van der Waals surface area (Å²) in [6.07, 6.45) is 3.29. The number of nitrogens with one attached hydrogen (secondary N) is 2. The Hall–Kier alpha value is -1.36. The minimum Gasteiger partial charge on any atom is -0.363 e. The second kappa shape index (κ2) is 4.50. The molecule has 0 bridgehead atoms. The number of rotatable bonds is 4. The van der Waals surface area contributed by atoms with E-state index in [-0.39, 0.29) is 5.91 Å². The van der Waals surface area contributed by atoms with Crippen molar-refractivity contribution < 1.29 is 9.32 Å². The zero-order chi connectivity index (χ0) is 8.81. The van der Waals surface area contributed by atoms with Gasteiger partial charge >= 0.3 is 0 Å². The molecule has 0 atom stereocenters. The molecular formula is C7H11N3O2. The molecule has 5 heteroatoms. The van der Waals surface area contributed by atoms with Crippen molar-refractivity contribution in [3.05, 3.63) is 12.5 Å². The first-order chi connectivity index (χ1) is 5.83. The van der Waals surface area contributed by atoms with E-state index < -0.39 is 0 Å². The Bertz CT molecular complexity index is 233. The predicted octanol–water partition coefficient (Wildman–Crippen LogP) is 0.223. The fraction of sp³-hybridized carbons (Fsp3) is 0.429. The topological polar surface area (TPSA) is 67.2 Å². The molecule has 0 fully saturated rings. The van der Waals surface area contributed by atoms with E-state index in [2.05, 4.69) is 20.3 Å². The number of carbonyl (C=O) groups is 1. The minimum atomic E-state index is -0.0486. The van der Waals surface area contributed by atoms with Gasteiger partial charge in [-0.3, -0.25) is 4.79 Å². The first kappa shape index (κ1) is 8.73. The van der Waals surface area contributed by atoms with Crippen LogP contribution in [0.5, 0.6) is 0 Å². The molecule has 5 nitrogen and oxygen atoms in total. The van der Waals surface area contributed by atoms with E-state index in [4.69, 9.17) is 0 Å². The second-order valence-electron chi connectivity index (χ2n) is 2.31. The lowest BCUT2D eigenvalue weighted by Gasteiger charge is -1.99.